The van der Waals surface area contributed by atoms with Crippen LogP contribution >= 0.6 is 0 Å². The SMILES string of the molecule is CC[C@@H](CO)N1C(=O)[C@@H]2[C@@H](C(=O)NC)[C@@]3(C)CCC2(O3)C1C(=O)NC(C)C. The van der Waals surface area contributed by atoms with Crippen molar-refractivity contribution in [3.8, 4) is 0 Å². The molecule has 2 unspecified atom stereocenters. The number of ether oxygens (including phenoxy) is 1. The lowest BCUT2D eigenvalue weighted by molar-refractivity contribution is -0.149. The lowest BCUT2D eigenvalue weighted by atomic mass is 9.66. The van der Waals surface area contributed by atoms with Crippen LogP contribution in [0.15, 0.2) is 0 Å². The van der Waals surface area contributed by atoms with Gasteiger partial charge in [0.1, 0.15) is 11.6 Å². The van der Waals surface area contributed by atoms with Crippen molar-refractivity contribution < 1.29 is 24.2 Å². The third-order valence-corrected chi connectivity index (χ3v) is 6.50. The molecule has 8 heteroatoms. The summed E-state index contributed by atoms with van der Waals surface area (Å²) in [6, 6.07) is -1.42. The predicted molar refractivity (Wildman–Crippen MR) is 97.6 cm³/mol. The fourth-order valence-corrected chi connectivity index (χ4v) is 5.39. The zero-order chi connectivity index (χ0) is 20.1. The summed E-state index contributed by atoms with van der Waals surface area (Å²) in [5.74, 6) is -2.13. The number of hydrogen-bond acceptors (Lipinski definition) is 5. The van der Waals surface area contributed by atoms with Crippen LogP contribution in [0.2, 0.25) is 0 Å². The number of hydrogen-bond donors (Lipinski definition) is 3. The topological polar surface area (TPSA) is 108 Å². The molecule has 8 nitrogen and oxygen atoms in total. The van der Waals surface area contributed by atoms with Crippen LogP contribution in [-0.2, 0) is 19.1 Å². The van der Waals surface area contributed by atoms with Crippen molar-refractivity contribution in [2.75, 3.05) is 13.7 Å². The molecule has 3 heterocycles. The van der Waals surface area contributed by atoms with E-state index in [9.17, 15) is 19.5 Å². The van der Waals surface area contributed by atoms with Gasteiger partial charge in [0.15, 0.2) is 0 Å². The number of likely N-dealkylation sites (tertiary alicyclic amines) is 1. The summed E-state index contributed by atoms with van der Waals surface area (Å²) < 4.78 is 6.40. The van der Waals surface area contributed by atoms with Crippen LogP contribution in [0.1, 0.15) is 47.0 Å². The normalized spacial score (nSPS) is 38.3. The van der Waals surface area contributed by atoms with Crippen LogP contribution in [0, 0.1) is 11.8 Å². The molecular weight excluding hydrogens is 350 g/mol. The van der Waals surface area contributed by atoms with Crippen molar-refractivity contribution >= 4 is 17.7 Å². The monoisotopic (exact) mass is 381 g/mol. The van der Waals surface area contributed by atoms with Crippen molar-refractivity contribution in [1.29, 1.82) is 0 Å². The zero-order valence-corrected chi connectivity index (χ0v) is 16.7. The van der Waals surface area contributed by atoms with Crippen molar-refractivity contribution in [1.82, 2.24) is 15.5 Å². The Labute approximate surface area is 160 Å². The Bertz CT molecular complexity index is 649. The van der Waals surface area contributed by atoms with Crippen molar-refractivity contribution in [3.05, 3.63) is 0 Å². The van der Waals surface area contributed by atoms with Gasteiger partial charge in [-0.1, -0.05) is 6.92 Å². The van der Waals surface area contributed by atoms with E-state index >= 15 is 0 Å². The number of rotatable bonds is 6. The van der Waals surface area contributed by atoms with E-state index < -0.39 is 35.1 Å². The average molecular weight is 381 g/mol. The van der Waals surface area contributed by atoms with Crippen LogP contribution in [0.25, 0.3) is 0 Å². The summed E-state index contributed by atoms with van der Waals surface area (Å²) in [7, 11) is 1.55. The van der Waals surface area contributed by atoms with Crippen molar-refractivity contribution in [2.24, 2.45) is 11.8 Å². The fraction of sp³-hybridized carbons (Fsp3) is 0.842. The van der Waals surface area contributed by atoms with Gasteiger partial charge >= 0.3 is 0 Å². The van der Waals surface area contributed by atoms with E-state index in [4.69, 9.17) is 4.74 Å². The smallest absolute Gasteiger partial charge is 0.246 e. The minimum atomic E-state index is -1.02. The van der Waals surface area contributed by atoms with Gasteiger partial charge in [-0.3, -0.25) is 14.4 Å². The number of nitrogens with one attached hydrogen (secondary N) is 2. The third kappa shape index (κ3) is 2.68. The standard InChI is InChI=1S/C19H31N3O5/c1-6-11(9-23)22-14(16(25)21-10(2)3)19-8-7-18(4,27-19)12(15(24)20-5)13(19)17(22)26/h10-14,23H,6-9H2,1-5H3,(H,20,24)(H,21,25)/t11-,12-,13-,14?,18+,19?/m0/s1. The summed E-state index contributed by atoms with van der Waals surface area (Å²) in [6.45, 7) is 7.21. The van der Waals surface area contributed by atoms with Crippen LogP contribution in [0.4, 0.5) is 0 Å². The molecule has 0 saturated carbocycles. The van der Waals surface area contributed by atoms with E-state index in [2.05, 4.69) is 10.6 Å². The molecule has 27 heavy (non-hydrogen) atoms. The Morgan fingerprint density at radius 1 is 1.33 bits per heavy atom. The van der Waals surface area contributed by atoms with Gasteiger partial charge in [-0.25, -0.2) is 0 Å². The quantitative estimate of drug-likeness (QED) is 0.590. The lowest BCUT2D eigenvalue weighted by Crippen LogP contribution is -2.58. The molecule has 1 spiro atoms. The van der Waals surface area contributed by atoms with Gasteiger partial charge < -0.3 is 25.4 Å². The molecule has 0 radical (unpaired) electrons. The minimum absolute atomic E-state index is 0.0944. The van der Waals surface area contributed by atoms with E-state index in [1.807, 2.05) is 27.7 Å². The second-order valence-electron chi connectivity index (χ2n) is 8.50. The largest absolute Gasteiger partial charge is 0.394 e. The minimum Gasteiger partial charge on any atom is -0.394 e. The third-order valence-electron chi connectivity index (χ3n) is 6.50. The maximum absolute atomic E-state index is 13.5. The first-order valence-corrected chi connectivity index (χ1v) is 9.82. The van der Waals surface area contributed by atoms with E-state index in [1.165, 1.54) is 4.90 Å². The Kier molecular flexibility index (Phi) is 5.01. The van der Waals surface area contributed by atoms with Gasteiger partial charge in [0, 0.05) is 13.1 Å². The van der Waals surface area contributed by atoms with Crippen LogP contribution < -0.4 is 10.6 Å². The predicted octanol–water partition coefficient (Wildman–Crippen LogP) is -0.207. The highest BCUT2D eigenvalue weighted by Gasteiger charge is 2.78. The molecule has 3 aliphatic rings. The van der Waals surface area contributed by atoms with Crippen molar-refractivity contribution in [3.63, 3.8) is 0 Å². The lowest BCUT2D eigenvalue weighted by Gasteiger charge is -2.37. The number of amides is 3. The Balaban J connectivity index is 2.11. The number of fused-ring (bicyclic) bond motifs is 1. The Morgan fingerprint density at radius 3 is 2.52 bits per heavy atom. The molecule has 3 fully saturated rings. The zero-order valence-electron chi connectivity index (χ0n) is 16.7. The van der Waals surface area contributed by atoms with Gasteiger partial charge in [-0.15, -0.1) is 0 Å². The van der Waals surface area contributed by atoms with E-state index in [0.717, 1.165) is 0 Å². The Hall–Kier alpha value is -1.67. The van der Waals surface area contributed by atoms with Gasteiger partial charge in [0.05, 0.1) is 30.1 Å². The highest BCUT2D eigenvalue weighted by Crippen LogP contribution is 2.63. The highest BCUT2D eigenvalue weighted by molar-refractivity contribution is 5.99. The number of nitrogens with zero attached hydrogens (tertiary/aromatic N) is 1. The molecule has 0 aromatic heterocycles. The summed E-state index contributed by atoms with van der Waals surface area (Å²) in [5, 5.41) is 15.4. The summed E-state index contributed by atoms with van der Waals surface area (Å²) in [6.07, 6.45) is 1.67. The maximum Gasteiger partial charge on any atom is 0.246 e. The fourth-order valence-electron chi connectivity index (χ4n) is 5.39. The molecule has 3 saturated heterocycles. The van der Waals surface area contributed by atoms with Gasteiger partial charge in [0.2, 0.25) is 17.7 Å². The summed E-state index contributed by atoms with van der Waals surface area (Å²) in [4.78, 5) is 40.8. The molecule has 0 aliphatic carbocycles. The van der Waals surface area contributed by atoms with E-state index in [-0.39, 0.29) is 30.4 Å². The molecule has 0 aromatic carbocycles. The number of carbonyl (C=O) groups excluding carboxylic acids is 3. The molecule has 3 amide bonds. The van der Waals surface area contributed by atoms with Crippen LogP contribution in [0.5, 0.6) is 0 Å². The van der Waals surface area contributed by atoms with Crippen LogP contribution in [0.3, 0.4) is 0 Å². The van der Waals surface area contributed by atoms with Gasteiger partial charge in [0.25, 0.3) is 0 Å². The molecule has 3 aliphatic heterocycles. The highest BCUT2D eigenvalue weighted by atomic mass is 16.5. The number of carbonyl (C=O) groups is 3. The molecule has 0 aromatic rings. The number of aliphatic hydroxyl groups is 1. The first-order valence-electron chi connectivity index (χ1n) is 9.82. The maximum atomic E-state index is 13.5. The molecule has 2 bridgehead atoms. The molecule has 3 N–H and O–H groups in total. The van der Waals surface area contributed by atoms with Crippen LogP contribution in [-0.4, -0.2) is 70.7 Å². The average Bonchev–Trinajstić information content (AvgIpc) is 3.16. The molecule has 3 rings (SSSR count). The number of aliphatic hydroxyl groups excluding tert-OH is 1. The first-order chi connectivity index (χ1) is 12.7. The molecule has 152 valence electrons. The second-order valence-corrected chi connectivity index (χ2v) is 8.50. The van der Waals surface area contributed by atoms with Crippen molar-refractivity contribution in [2.45, 2.75) is 76.3 Å². The first kappa shape index (κ1) is 20.1. The Morgan fingerprint density at radius 2 is 2.00 bits per heavy atom. The molecular formula is C19H31N3O5. The van der Waals surface area contributed by atoms with Gasteiger partial charge in [-0.2, -0.15) is 0 Å². The molecule has 6 atom stereocenters. The second kappa shape index (κ2) is 6.74. The van der Waals surface area contributed by atoms with E-state index in [0.29, 0.717) is 19.3 Å². The summed E-state index contributed by atoms with van der Waals surface area (Å²) in [5.41, 5.74) is -1.78. The van der Waals surface area contributed by atoms with Gasteiger partial charge in [-0.05, 0) is 40.0 Å². The van der Waals surface area contributed by atoms with E-state index in [1.54, 1.807) is 7.05 Å². The summed E-state index contributed by atoms with van der Waals surface area (Å²) >= 11 is 0.